The summed E-state index contributed by atoms with van der Waals surface area (Å²) in [6, 6.07) is 0. The highest BCUT2D eigenvalue weighted by atomic mass is 16.7. The molecule has 0 amide bonds. The molecule has 1 aliphatic rings. The third kappa shape index (κ3) is 40.7. The van der Waals surface area contributed by atoms with Gasteiger partial charge in [0.2, 0.25) is 0 Å². The molecule has 9 nitrogen and oxygen atoms in total. The van der Waals surface area contributed by atoms with E-state index in [4.69, 9.17) is 18.9 Å². The topological polar surface area (TPSA) is 135 Å². The highest BCUT2D eigenvalue weighted by molar-refractivity contribution is 5.69. The average molecular weight is 981 g/mol. The number of hydrogen-bond acceptors (Lipinski definition) is 9. The first-order valence-corrected chi connectivity index (χ1v) is 28.3. The minimum Gasteiger partial charge on any atom is -0.457 e. The monoisotopic (exact) mass is 981 g/mol. The molecule has 70 heavy (non-hydrogen) atoms. The van der Waals surface area contributed by atoms with Crippen molar-refractivity contribution in [1.29, 1.82) is 0 Å². The molecule has 0 aromatic heterocycles. The van der Waals surface area contributed by atoms with E-state index in [1.807, 2.05) is 0 Å². The molecule has 1 heterocycles. The molecule has 1 rings (SSSR count). The molecule has 0 radical (unpaired) electrons. The van der Waals surface area contributed by atoms with Crippen molar-refractivity contribution in [2.45, 2.75) is 256 Å². The summed E-state index contributed by atoms with van der Waals surface area (Å²) in [6.45, 7) is 4.36. The minimum atomic E-state index is -1.55. The molecule has 4 N–H and O–H groups in total. The second kappa shape index (κ2) is 51.0. The lowest BCUT2D eigenvalue weighted by Crippen LogP contribution is -2.59. The van der Waals surface area contributed by atoms with E-state index in [9.17, 15) is 25.2 Å². The average Bonchev–Trinajstić information content (AvgIpc) is 3.36. The lowest BCUT2D eigenvalue weighted by molar-refractivity contribution is -0.305. The van der Waals surface area contributed by atoms with Crippen LogP contribution in [0.4, 0.5) is 0 Å². The van der Waals surface area contributed by atoms with Crippen LogP contribution in [0.1, 0.15) is 219 Å². The van der Waals surface area contributed by atoms with Gasteiger partial charge in [-0.15, -0.1) is 0 Å². The molecule has 0 spiro atoms. The van der Waals surface area contributed by atoms with Gasteiger partial charge >= 0.3 is 5.97 Å². The molecule has 6 unspecified atom stereocenters. The third-order valence-corrected chi connectivity index (χ3v) is 12.5. The van der Waals surface area contributed by atoms with Gasteiger partial charge in [-0.2, -0.15) is 0 Å². The van der Waals surface area contributed by atoms with Gasteiger partial charge < -0.3 is 39.4 Å². The number of esters is 1. The molecule has 1 aliphatic heterocycles. The molecule has 1 saturated heterocycles. The largest absolute Gasteiger partial charge is 0.457 e. The predicted octanol–water partition coefficient (Wildman–Crippen LogP) is 14.7. The van der Waals surface area contributed by atoms with Crippen molar-refractivity contribution in [3.63, 3.8) is 0 Å². The number of ether oxygens (including phenoxy) is 4. The van der Waals surface area contributed by atoms with Gasteiger partial charge in [-0.1, -0.05) is 214 Å². The summed E-state index contributed by atoms with van der Waals surface area (Å²) in [5, 5.41) is 40.3. The van der Waals surface area contributed by atoms with Crippen molar-refractivity contribution < 1.29 is 44.2 Å². The van der Waals surface area contributed by atoms with E-state index in [0.717, 1.165) is 89.9 Å². The van der Waals surface area contributed by atoms with Crippen molar-refractivity contribution in [3.8, 4) is 0 Å². The Kier molecular flexibility index (Phi) is 47.5. The Morgan fingerprint density at radius 3 is 1.31 bits per heavy atom. The van der Waals surface area contributed by atoms with Crippen molar-refractivity contribution in [3.05, 3.63) is 97.2 Å². The zero-order valence-electron chi connectivity index (χ0n) is 44.5. The Morgan fingerprint density at radius 2 is 0.871 bits per heavy atom. The van der Waals surface area contributed by atoms with Crippen molar-refractivity contribution >= 4 is 5.97 Å². The van der Waals surface area contributed by atoms with E-state index in [2.05, 4.69) is 111 Å². The second-order valence-corrected chi connectivity index (χ2v) is 19.0. The van der Waals surface area contributed by atoms with Crippen LogP contribution < -0.4 is 0 Å². The summed E-state index contributed by atoms with van der Waals surface area (Å²) in [7, 11) is 0. The summed E-state index contributed by atoms with van der Waals surface area (Å²) in [5.41, 5.74) is 0. The molecule has 0 aromatic carbocycles. The van der Waals surface area contributed by atoms with Gasteiger partial charge in [-0.25, -0.2) is 0 Å². The number of carbonyl (C=O) groups is 1. The van der Waals surface area contributed by atoms with Crippen molar-refractivity contribution in [2.24, 2.45) is 0 Å². The molecule has 1 fully saturated rings. The van der Waals surface area contributed by atoms with E-state index >= 15 is 0 Å². The van der Waals surface area contributed by atoms with Crippen molar-refractivity contribution in [2.75, 3.05) is 26.4 Å². The minimum absolute atomic E-state index is 0.117. The quantitative estimate of drug-likeness (QED) is 0.0267. The Hall–Kier alpha value is -2.89. The highest BCUT2D eigenvalue weighted by Crippen LogP contribution is 2.23. The fourth-order valence-corrected chi connectivity index (χ4v) is 8.11. The van der Waals surface area contributed by atoms with Crippen LogP contribution in [-0.2, 0) is 23.7 Å². The molecule has 0 aliphatic carbocycles. The van der Waals surface area contributed by atoms with Crippen LogP contribution in [0.25, 0.3) is 0 Å². The maximum Gasteiger partial charge on any atom is 0.306 e. The Bertz CT molecular complexity index is 1390. The van der Waals surface area contributed by atoms with Gasteiger partial charge in [-0.05, 0) is 96.3 Å². The van der Waals surface area contributed by atoms with Gasteiger partial charge in [0.15, 0.2) is 6.29 Å². The number of allylic oxidation sites excluding steroid dienone is 16. The smallest absolute Gasteiger partial charge is 0.306 e. The van der Waals surface area contributed by atoms with Gasteiger partial charge in [-0.3, -0.25) is 4.79 Å². The molecular weight excluding hydrogens is 877 g/mol. The third-order valence-electron chi connectivity index (χ3n) is 12.5. The predicted molar refractivity (Wildman–Crippen MR) is 293 cm³/mol. The second-order valence-electron chi connectivity index (χ2n) is 19.0. The van der Waals surface area contributed by atoms with E-state index in [1.165, 1.54) is 109 Å². The van der Waals surface area contributed by atoms with Crippen LogP contribution in [0.15, 0.2) is 97.2 Å². The molecule has 0 aromatic rings. The molecule has 0 bridgehead atoms. The summed E-state index contributed by atoms with van der Waals surface area (Å²) in [5.74, 6) is -0.328. The van der Waals surface area contributed by atoms with Crippen LogP contribution in [0.3, 0.4) is 0 Å². The summed E-state index contributed by atoms with van der Waals surface area (Å²) in [6.07, 6.45) is 64.5. The van der Waals surface area contributed by atoms with Crippen LogP contribution in [-0.4, -0.2) is 89.6 Å². The van der Waals surface area contributed by atoms with Crippen LogP contribution in [0.2, 0.25) is 0 Å². The standard InChI is InChI=1S/C61H104O9/c1-3-5-7-9-11-13-15-17-19-21-23-25-27-28-29-30-32-34-36-38-40-42-44-46-48-50-57(63)69-55(54-68-61-60(66)59(65)58(64)56(52-62)70-61)53-67-51-49-47-45-43-41-39-37-35-33-31-26-24-22-20-18-16-14-12-10-8-6-4-2/h6,8,12,14-15,17-18,20-21,23-24,26,33,35,39,41,55-56,58-62,64-66H,3-5,7,9-11,13,16,19,22,25,27-32,34,36-38,40,42-54H2,1-2H3/b8-6-,14-12-,17-15-,20-18-,23-21-,26-24-,35-33-,41-39-. The number of hydrogen-bond donors (Lipinski definition) is 4. The molecule has 0 saturated carbocycles. The van der Waals surface area contributed by atoms with Gasteiger partial charge in [0, 0.05) is 13.0 Å². The molecule has 402 valence electrons. The maximum atomic E-state index is 12.9. The van der Waals surface area contributed by atoms with Crippen LogP contribution in [0, 0.1) is 0 Å². The van der Waals surface area contributed by atoms with E-state index in [-0.39, 0.29) is 19.2 Å². The first kappa shape index (κ1) is 65.1. The molecule has 6 atom stereocenters. The summed E-state index contributed by atoms with van der Waals surface area (Å²) < 4.78 is 22.9. The Morgan fingerprint density at radius 1 is 0.471 bits per heavy atom. The highest BCUT2D eigenvalue weighted by Gasteiger charge is 2.44. The number of aliphatic hydroxyl groups is 4. The molecule has 9 heteroatoms. The lowest BCUT2D eigenvalue weighted by atomic mass is 9.99. The fraction of sp³-hybridized carbons (Fsp3) is 0.721. The SMILES string of the molecule is CC/C=C\C/C=C\C/C=C\C/C=C\C/C=C\C/C=C\CCCCCOCC(COC1OC(CO)C(O)C(O)C1O)OC(=O)CCCCCCCCCCCCCCC/C=C\C/C=C\CCCCCCC. The van der Waals surface area contributed by atoms with E-state index in [1.54, 1.807) is 0 Å². The number of unbranched alkanes of at least 4 members (excludes halogenated alkanes) is 21. The fourth-order valence-electron chi connectivity index (χ4n) is 8.11. The Labute approximate surface area is 428 Å². The van der Waals surface area contributed by atoms with Gasteiger partial charge in [0.25, 0.3) is 0 Å². The normalized spacial score (nSPS) is 19.7. The van der Waals surface area contributed by atoms with Gasteiger partial charge in [0.1, 0.15) is 30.5 Å². The van der Waals surface area contributed by atoms with Gasteiger partial charge in [0.05, 0.1) is 19.8 Å². The number of carbonyl (C=O) groups excluding carboxylic acids is 1. The number of rotatable bonds is 48. The van der Waals surface area contributed by atoms with Crippen LogP contribution in [0.5, 0.6) is 0 Å². The maximum absolute atomic E-state index is 12.9. The Balaban J connectivity index is 2.20. The first-order chi connectivity index (χ1) is 34.4. The lowest BCUT2D eigenvalue weighted by Gasteiger charge is -2.39. The van der Waals surface area contributed by atoms with E-state index in [0.29, 0.717) is 13.0 Å². The number of aliphatic hydroxyl groups excluding tert-OH is 4. The summed E-state index contributed by atoms with van der Waals surface area (Å²) in [4.78, 5) is 12.9. The van der Waals surface area contributed by atoms with E-state index < -0.39 is 43.4 Å². The summed E-state index contributed by atoms with van der Waals surface area (Å²) >= 11 is 0. The molecular formula is C61H104O9. The first-order valence-electron chi connectivity index (χ1n) is 28.3. The zero-order chi connectivity index (χ0) is 50.6. The zero-order valence-corrected chi connectivity index (χ0v) is 44.5. The van der Waals surface area contributed by atoms with Crippen LogP contribution >= 0.6 is 0 Å². The van der Waals surface area contributed by atoms with Crippen molar-refractivity contribution in [1.82, 2.24) is 0 Å².